The first-order valence-corrected chi connectivity index (χ1v) is 8.37. The second-order valence-electron chi connectivity index (χ2n) is 7.22. The van der Waals surface area contributed by atoms with Crippen molar-refractivity contribution in [3.63, 3.8) is 0 Å². The molecule has 0 spiro atoms. The number of aromatic nitrogens is 2. The van der Waals surface area contributed by atoms with Crippen molar-refractivity contribution in [3.8, 4) is 0 Å². The molecule has 1 aromatic heterocycles. The molecule has 0 saturated heterocycles. The maximum Gasteiger partial charge on any atom is 0.146 e. The average Bonchev–Trinajstić information content (AvgIpc) is 3.08. The van der Waals surface area contributed by atoms with Gasteiger partial charge < -0.3 is 10.2 Å². The molecule has 21 heavy (non-hydrogen) atoms. The minimum Gasteiger partial charge on any atom is -0.358 e. The average molecular weight is 288 g/mol. The third kappa shape index (κ3) is 3.54. The first kappa shape index (κ1) is 14.8. The molecule has 2 aliphatic carbocycles. The van der Waals surface area contributed by atoms with Crippen molar-refractivity contribution < 1.29 is 0 Å². The lowest BCUT2D eigenvalue weighted by atomic mass is 9.88. The van der Waals surface area contributed by atoms with Crippen LogP contribution in [0.3, 0.4) is 0 Å². The van der Waals surface area contributed by atoms with Crippen LogP contribution in [-0.2, 0) is 6.54 Å². The summed E-state index contributed by atoms with van der Waals surface area (Å²) in [6, 6.07) is 0.479. The van der Waals surface area contributed by atoms with E-state index in [9.17, 15) is 0 Å². The maximum absolute atomic E-state index is 4.58. The van der Waals surface area contributed by atoms with Crippen LogP contribution in [0.25, 0.3) is 0 Å². The number of hydrogen-bond acceptors (Lipinski definition) is 4. The van der Waals surface area contributed by atoms with Crippen molar-refractivity contribution in [2.24, 2.45) is 17.8 Å². The van der Waals surface area contributed by atoms with E-state index in [1.54, 1.807) is 0 Å². The lowest BCUT2D eigenvalue weighted by Crippen LogP contribution is -2.29. The van der Waals surface area contributed by atoms with Gasteiger partial charge in [-0.2, -0.15) is 0 Å². The molecule has 2 aliphatic rings. The topological polar surface area (TPSA) is 41.1 Å². The lowest BCUT2D eigenvalue weighted by Gasteiger charge is -2.27. The zero-order valence-electron chi connectivity index (χ0n) is 13.5. The molecule has 3 rings (SSSR count). The summed E-state index contributed by atoms with van der Waals surface area (Å²) < 4.78 is 0. The highest BCUT2D eigenvalue weighted by Gasteiger charge is 2.39. The van der Waals surface area contributed by atoms with Gasteiger partial charge in [0.25, 0.3) is 0 Å². The van der Waals surface area contributed by atoms with E-state index in [0.717, 1.165) is 42.4 Å². The predicted octanol–water partition coefficient (Wildman–Crippen LogP) is 2.85. The van der Waals surface area contributed by atoms with Gasteiger partial charge in [0.2, 0.25) is 0 Å². The van der Waals surface area contributed by atoms with Crippen LogP contribution in [0.2, 0.25) is 0 Å². The normalized spacial score (nSPS) is 27.5. The van der Waals surface area contributed by atoms with E-state index in [2.05, 4.69) is 41.1 Å². The second-order valence-corrected chi connectivity index (χ2v) is 7.22. The molecular weight excluding hydrogens is 260 g/mol. The first-order chi connectivity index (χ1) is 10.1. The molecule has 0 aliphatic heterocycles. The lowest BCUT2D eigenvalue weighted by molar-refractivity contribution is 0.337. The number of anilines is 1. The monoisotopic (exact) mass is 288 g/mol. The Hall–Kier alpha value is -1.16. The van der Waals surface area contributed by atoms with Crippen LogP contribution in [-0.4, -0.2) is 29.6 Å². The van der Waals surface area contributed by atoms with Crippen LogP contribution >= 0.6 is 0 Å². The third-order valence-electron chi connectivity index (χ3n) is 5.17. The Kier molecular flexibility index (Phi) is 4.43. The predicted molar refractivity (Wildman–Crippen MR) is 86.2 cm³/mol. The van der Waals surface area contributed by atoms with Crippen LogP contribution in [0.5, 0.6) is 0 Å². The first-order valence-electron chi connectivity index (χ1n) is 8.37. The van der Waals surface area contributed by atoms with Gasteiger partial charge in [0, 0.05) is 26.2 Å². The third-order valence-corrected chi connectivity index (χ3v) is 5.17. The van der Waals surface area contributed by atoms with Crippen LogP contribution in [0.4, 0.5) is 5.82 Å². The Bertz CT molecular complexity index is 456. The van der Waals surface area contributed by atoms with Gasteiger partial charge >= 0.3 is 0 Å². The van der Waals surface area contributed by atoms with E-state index in [4.69, 9.17) is 0 Å². The fraction of sp³-hybridized carbons (Fsp3) is 0.765. The highest BCUT2D eigenvalue weighted by molar-refractivity contribution is 5.34. The number of nitrogens with zero attached hydrogens (tertiary/aromatic N) is 3. The quantitative estimate of drug-likeness (QED) is 0.874. The molecule has 4 nitrogen and oxygen atoms in total. The van der Waals surface area contributed by atoms with Crippen LogP contribution < -0.4 is 10.2 Å². The molecule has 1 aromatic rings. The minimum atomic E-state index is 0.479. The van der Waals surface area contributed by atoms with Gasteiger partial charge in [0.05, 0.1) is 18.1 Å². The van der Waals surface area contributed by atoms with E-state index in [-0.39, 0.29) is 0 Å². The highest BCUT2D eigenvalue weighted by atomic mass is 15.2. The molecule has 2 saturated carbocycles. The molecule has 0 amide bonds. The molecule has 0 aromatic carbocycles. The molecule has 1 heterocycles. The van der Waals surface area contributed by atoms with Gasteiger partial charge in [-0.15, -0.1) is 0 Å². The summed E-state index contributed by atoms with van der Waals surface area (Å²) in [6.07, 6.45) is 9.66. The zero-order chi connectivity index (χ0) is 14.8. The van der Waals surface area contributed by atoms with E-state index < -0.39 is 0 Å². The fourth-order valence-electron chi connectivity index (χ4n) is 3.99. The molecule has 1 N–H and O–H groups in total. The number of rotatable bonds is 6. The standard InChI is InChI=1S/C17H28N4/c1-12(2)18-8-16-9-20-17(10-19-16)21(3)11-15-7-13-4-5-14(15)6-13/h9-10,12-15,18H,4-8,11H2,1-3H3. The summed E-state index contributed by atoms with van der Waals surface area (Å²) in [4.78, 5) is 11.4. The van der Waals surface area contributed by atoms with E-state index in [1.165, 1.54) is 25.7 Å². The van der Waals surface area contributed by atoms with Crippen LogP contribution in [0.1, 0.15) is 45.2 Å². The van der Waals surface area contributed by atoms with E-state index in [0.29, 0.717) is 6.04 Å². The summed E-state index contributed by atoms with van der Waals surface area (Å²) in [6.45, 7) is 6.22. The molecule has 3 atom stereocenters. The largest absolute Gasteiger partial charge is 0.358 e. The Labute approximate surface area is 128 Å². The van der Waals surface area contributed by atoms with E-state index >= 15 is 0 Å². The van der Waals surface area contributed by atoms with E-state index in [1.807, 2.05) is 12.4 Å². The summed E-state index contributed by atoms with van der Waals surface area (Å²) >= 11 is 0. The Morgan fingerprint density at radius 1 is 1.24 bits per heavy atom. The minimum absolute atomic E-state index is 0.479. The van der Waals surface area contributed by atoms with Crippen LogP contribution in [0, 0.1) is 17.8 Å². The van der Waals surface area contributed by atoms with Gasteiger partial charge in [-0.25, -0.2) is 4.98 Å². The van der Waals surface area contributed by atoms with Crippen molar-refractivity contribution in [2.45, 2.75) is 52.1 Å². The van der Waals surface area contributed by atoms with Gasteiger partial charge in [-0.1, -0.05) is 20.3 Å². The van der Waals surface area contributed by atoms with Crippen molar-refractivity contribution in [2.75, 3.05) is 18.5 Å². The fourth-order valence-corrected chi connectivity index (χ4v) is 3.99. The Morgan fingerprint density at radius 2 is 2.10 bits per heavy atom. The second kappa shape index (κ2) is 6.30. The molecule has 0 radical (unpaired) electrons. The molecule has 116 valence electrons. The summed E-state index contributed by atoms with van der Waals surface area (Å²) in [5.41, 5.74) is 1.01. The molecule has 3 unspecified atom stereocenters. The number of fused-ring (bicyclic) bond motifs is 2. The smallest absolute Gasteiger partial charge is 0.146 e. The van der Waals surface area contributed by atoms with Crippen LogP contribution in [0.15, 0.2) is 12.4 Å². The van der Waals surface area contributed by atoms with Crippen molar-refractivity contribution in [1.29, 1.82) is 0 Å². The van der Waals surface area contributed by atoms with Crippen molar-refractivity contribution in [3.05, 3.63) is 18.1 Å². The molecule has 2 fully saturated rings. The molecule has 4 heteroatoms. The molecular formula is C17H28N4. The van der Waals surface area contributed by atoms with Gasteiger partial charge in [0.15, 0.2) is 0 Å². The SMILES string of the molecule is CC(C)NCc1cnc(N(C)CC2CC3CCC2C3)cn1. The highest BCUT2D eigenvalue weighted by Crippen LogP contribution is 2.48. The van der Waals surface area contributed by atoms with Gasteiger partial charge in [0.1, 0.15) is 5.82 Å². The molecule has 2 bridgehead atoms. The zero-order valence-corrected chi connectivity index (χ0v) is 13.5. The number of hydrogen-bond donors (Lipinski definition) is 1. The Morgan fingerprint density at radius 3 is 2.67 bits per heavy atom. The summed E-state index contributed by atoms with van der Waals surface area (Å²) in [7, 11) is 2.15. The Balaban J connectivity index is 1.53. The van der Waals surface area contributed by atoms with Gasteiger partial charge in [-0.05, 0) is 37.0 Å². The van der Waals surface area contributed by atoms with Crippen molar-refractivity contribution in [1.82, 2.24) is 15.3 Å². The van der Waals surface area contributed by atoms with Gasteiger partial charge in [-0.3, -0.25) is 4.98 Å². The number of nitrogens with one attached hydrogen (secondary N) is 1. The summed E-state index contributed by atoms with van der Waals surface area (Å²) in [5, 5.41) is 3.37. The maximum atomic E-state index is 4.58. The van der Waals surface area contributed by atoms with Crippen molar-refractivity contribution >= 4 is 5.82 Å². The summed E-state index contributed by atoms with van der Waals surface area (Å²) in [5.74, 6) is 3.87.